The van der Waals surface area contributed by atoms with Crippen molar-refractivity contribution in [2.75, 3.05) is 6.54 Å². The number of hydrogen-bond acceptors (Lipinski definition) is 4. The second-order valence-corrected chi connectivity index (χ2v) is 6.48. The van der Waals surface area contributed by atoms with E-state index in [2.05, 4.69) is 22.2 Å². The van der Waals surface area contributed by atoms with Crippen molar-refractivity contribution >= 4 is 17.3 Å². The molecule has 112 valence electrons. The first kappa shape index (κ1) is 15.4. The summed E-state index contributed by atoms with van der Waals surface area (Å²) >= 11 is 1.75. The third-order valence-electron chi connectivity index (χ3n) is 3.87. The van der Waals surface area contributed by atoms with Crippen LogP contribution in [0.1, 0.15) is 56.2 Å². The van der Waals surface area contributed by atoms with Gasteiger partial charge in [0.1, 0.15) is 0 Å². The molecule has 0 saturated carbocycles. The molecule has 1 unspecified atom stereocenters. The second-order valence-electron chi connectivity index (χ2n) is 5.54. The summed E-state index contributed by atoms with van der Waals surface area (Å²) in [6, 6.07) is 0.413. The third kappa shape index (κ3) is 4.56. The molecule has 1 fully saturated rings. The number of likely N-dealkylation sites (tertiary alicyclic amines) is 1. The highest BCUT2D eigenvalue weighted by molar-refractivity contribution is 7.09. The number of carboxylic acids is 1. The molecule has 2 heterocycles. The first-order valence-electron chi connectivity index (χ1n) is 7.58. The SMILES string of the molecule is CCCc1nc(CN2CCCCC2CCC(=O)O)cs1. The van der Waals surface area contributed by atoms with Gasteiger partial charge in [-0.2, -0.15) is 0 Å². The van der Waals surface area contributed by atoms with E-state index in [4.69, 9.17) is 5.11 Å². The zero-order valence-electron chi connectivity index (χ0n) is 12.2. The van der Waals surface area contributed by atoms with E-state index >= 15 is 0 Å². The molecule has 2 rings (SSSR count). The maximum atomic E-state index is 10.8. The Morgan fingerprint density at radius 3 is 3.15 bits per heavy atom. The van der Waals surface area contributed by atoms with Gasteiger partial charge >= 0.3 is 5.97 Å². The number of thiazole rings is 1. The maximum absolute atomic E-state index is 10.8. The monoisotopic (exact) mass is 296 g/mol. The van der Waals surface area contributed by atoms with Gasteiger partial charge in [-0.3, -0.25) is 9.69 Å². The molecular weight excluding hydrogens is 272 g/mol. The lowest BCUT2D eigenvalue weighted by atomic mass is 9.98. The van der Waals surface area contributed by atoms with E-state index < -0.39 is 5.97 Å². The fraction of sp³-hybridized carbons (Fsp3) is 0.733. The van der Waals surface area contributed by atoms with Crippen molar-refractivity contribution < 1.29 is 9.90 Å². The molecule has 1 N–H and O–H groups in total. The van der Waals surface area contributed by atoms with Crippen LogP contribution < -0.4 is 0 Å². The lowest BCUT2D eigenvalue weighted by Gasteiger charge is -2.35. The molecular formula is C15H24N2O2S. The Kier molecular flexibility index (Phi) is 5.98. The normalized spacial score (nSPS) is 20.1. The maximum Gasteiger partial charge on any atom is 0.303 e. The van der Waals surface area contributed by atoms with Gasteiger partial charge in [0.2, 0.25) is 0 Å². The summed E-state index contributed by atoms with van der Waals surface area (Å²) in [5, 5.41) is 12.2. The number of piperidine rings is 1. The van der Waals surface area contributed by atoms with Crippen LogP contribution in [0.2, 0.25) is 0 Å². The van der Waals surface area contributed by atoms with Crippen LogP contribution in [0.3, 0.4) is 0 Å². The van der Waals surface area contributed by atoms with E-state index in [9.17, 15) is 4.79 Å². The Bertz CT molecular complexity index is 433. The van der Waals surface area contributed by atoms with Gasteiger partial charge < -0.3 is 5.11 Å². The first-order valence-corrected chi connectivity index (χ1v) is 8.46. The molecule has 20 heavy (non-hydrogen) atoms. The topological polar surface area (TPSA) is 53.4 Å². The Hall–Kier alpha value is -0.940. The minimum absolute atomic E-state index is 0.277. The number of aromatic nitrogens is 1. The Labute approximate surface area is 124 Å². The average molecular weight is 296 g/mol. The number of hydrogen-bond donors (Lipinski definition) is 1. The van der Waals surface area contributed by atoms with Crippen molar-refractivity contribution in [2.45, 2.75) is 64.5 Å². The van der Waals surface area contributed by atoms with Gasteiger partial charge in [-0.25, -0.2) is 4.98 Å². The van der Waals surface area contributed by atoms with Crippen LogP contribution in [0, 0.1) is 0 Å². The molecule has 0 amide bonds. The van der Waals surface area contributed by atoms with Crippen LogP contribution in [0.15, 0.2) is 5.38 Å². The van der Waals surface area contributed by atoms with E-state index in [1.165, 1.54) is 17.8 Å². The number of carboxylic acid groups (broad SMARTS) is 1. The Morgan fingerprint density at radius 2 is 2.40 bits per heavy atom. The highest BCUT2D eigenvalue weighted by atomic mass is 32.1. The van der Waals surface area contributed by atoms with Gasteiger partial charge in [0.05, 0.1) is 10.7 Å². The van der Waals surface area contributed by atoms with E-state index in [1.54, 1.807) is 11.3 Å². The molecule has 0 spiro atoms. The predicted molar refractivity (Wildman–Crippen MR) is 81.0 cm³/mol. The molecule has 0 radical (unpaired) electrons. The number of rotatable bonds is 7. The molecule has 1 aromatic heterocycles. The number of nitrogens with zero attached hydrogens (tertiary/aromatic N) is 2. The lowest BCUT2D eigenvalue weighted by molar-refractivity contribution is -0.137. The smallest absolute Gasteiger partial charge is 0.303 e. The van der Waals surface area contributed by atoms with Gasteiger partial charge in [-0.15, -0.1) is 11.3 Å². The zero-order chi connectivity index (χ0) is 14.4. The van der Waals surface area contributed by atoms with Crippen LogP contribution in [0.4, 0.5) is 0 Å². The van der Waals surface area contributed by atoms with E-state index in [0.29, 0.717) is 6.04 Å². The molecule has 5 heteroatoms. The molecule has 1 atom stereocenters. The van der Waals surface area contributed by atoms with Gasteiger partial charge in [0.25, 0.3) is 0 Å². The van der Waals surface area contributed by atoms with Gasteiger partial charge in [0.15, 0.2) is 0 Å². The minimum Gasteiger partial charge on any atom is -0.481 e. The fourth-order valence-corrected chi connectivity index (χ4v) is 3.73. The van der Waals surface area contributed by atoms with E-state index in [-0.39, 0.29) is 6.42 Å². The minimum atomic E-state index is -0.686. The Morgan fingerprint density at radius 1 is 1.55 bits per heavy atom. The highest BCUT2D eigenvalue weighted by Crippen LogP contribution is 2.23. The van der Waals surface area contributed by atoms with Crippen LogP contribution >= 0.6 is 11.3 Å². The quantitative estimate of drug-likeness (QED) is 0.838. The molecule has 0 bridgehead atoms. The first-order chi connectivity index (χ1) is 9.69. The largest absolute Gasteiger partial charge is 0.481 e. The van der Waals surface area contributed by atoms with Crippen molar-refractivity contribution in [1.29, 1.82) is 0 Å². The number of aliphatic carboxylic acids is 1. The standard InChI is InChI=1S/C15H24N2O2S/c1-2-5-14-16-12(11-20-14)10-17-9-4-3-6-13(17)7-8-15(18)19/h11,13H,2-10H2,1H3,(H,18,19). The summed E-state index contributed by atoms with van der Waals surface area (Å²) in [6.07, 6.45) is 6.80. The molecule has 1 saturated heterocycles. The fourth-order valence-electron chi connectivity index (χ4n) is 2.84. The summed E-state index contributed by atoms with van der Waals surface area (Å²) in [4.78, 5) is 17.9. The van der Waals surface area contributed by atoms with Crippen LogP contribution in [-0.2, 0) is 17.8 Å². The lowest BCUT2D eigenvalue weighted by Crippen LogP contribution is -2.39. The van der Waals surface area contributed by atoms with Crippen LogP contribution in [-0.4, -0.2) is 33.5 Å². The van der Waals surface area contributed by atoms with Gasteiger partial charge in [-0.1, -0.05) is 13.3 Å². The second kappa shape index (κ2) is 7.74. The van der Waals surface area contributed by atoms with Crippen molar-refractivity contribution in [3.8, 4) is 0 Å². The van der Waals surface area contributed by atoms with Crippen LogP contribution in [0.5, 0.6) is 0 Å². The molecule has 1 aliphatic heterocycles. The summed E-state index contributed by atoms with van der Waals surface area (Å²) in [6.45, 7) is 4.13. The molecule has 0 aromatic carbocycles. The molecule has 1 aromatic rings. The number of carbonyl (C=O) groups is 1. The number of aryl methyl sites for hydroxylation is 1. The van der Waals surface area contributed by atoms with Crippen molar-refractivity contribution in [3.63, 3.8) is 0 Å². The summed E-state index contributed by atoms with van der Waals surface area (Å²) in [7, 11) is 0. The van der Waals surface area contributed by atoms with E-state index in [0.717, 1.165) is 44.5 Å². The van der Waals surface area contributed by atoms with Crippen LogP contribution in [0.25, 0.3) is 0 Å². The van der Waals surface area contributed by atoms with Gasteiger partial charge in [-0.05, 0) is 38.6 Å². The zero-order valence-corrected chi connectivity index (χ0v) is 13.0. The predicted octanol–water partition coefficient (Wildman–Crippen LogP) is 3.31. The molecule has 1 aliphatic rings. The highest BCUT2D eigenvalue weighted by Gasteiger charge is 2.23. The van der Waals surface area contributed by atoms with Crippen molar-refractivity contribution in [3.05, 3.63) is 16.1 Å². The molecule has 4 nitrogen and oxygen atoms in total. The van der Waals surface area contributed by atoms with Crippen molar-refractivity contribution in [2.24, 2.45) is 0 Å². The Balaban J connectivity index is 1.91. The molecule has 0 aliphatic carbocycles. The average Bonchev–Trinajstić information content (AvgIpc) is 2.85. The van der Waals surface area contributed by atoms with Crippen molar-refractivity contribution in [1.82, 2.24) is 9.88 Å². The summed E-state index contributed by atoms with van der Waals surface area (Å²) in [5.74, 6) is -0.686. The van der Waals surface area contributed by atoms with Gasteiger partial charge in [0, 0.05) is 24.4 Å². The summed E-state index contributed by atoms with van der Waals surface area (Å²) in [5.41, 5.74) is 1.15. The van der Waals surface area contributed by atoms with E-state index in [1.807, 2.05) is 0 Å². The third-order valence-corrected chi connectivity index (χ3v) is 4.83. The summed E-state index contributed by atoms with van der Waals surface area (Å²) < 4.78 is 0.